The van der Waals surface area contributed by atoms with Gasteiger partial charge in [-0.1, -0.05) is 24.4 Å². The van der Waals surface area contributed by atoms with Gasteiger partial charge in [-0.25, -0.2) is 4.98 Å². The molecule has 0 aliphatic heterocycles. The molecule has 0 aliphatic carbocycles. The summed E-state index contributed by atoms with van der Waals surface area (Å²) in [6, 6.07) is 7.41. The minimum absolute atomic E-state index is 0.0238. The summed E-state index contributed by atoms with van der Waals surface area (Å²) in [4.78, 5) is 16.3. The zero-order valence-electron chi connectivity index (χ0n) is 12.4. The molecule has 0 bridgehead atoms. The molecule has 1 aromatic carbocycles. The Balaban J connectivity index is 2.04. The summed E-state index contributed by atoms with van der Waals surface area (Å²) >= 11 is 6.35. The number of hydrogen-bond donors (Lipinski definition) is 5. The molecule has 24 heavy (non-hydrogen) atoms. The lowest BCUT2D eigenvalue weighted by atomic mass is 9.98. The molecule has 0 radical (unpaired) electrons. The van der Waals surface area contributed by atoms with Gasteiger partial charge in [0.05, 0.1) is 26.7 Å². The maximum Gasteiger partial charge on any atom is 0.201 e. The van der Waals surface area contributed by atoms with Crippen molar-refractivity contribution in [1.29, 1.82) is 0 Å². The Morgan fingerprint density at radius 2 is 1.83 bits per heavy atom. The second-order valence-corrected chi connectivity index (χ2v) is 6.82. The Kier molecular flexibility index (Phi) is 6.47. The van der Waals surface area contributed by atoms with Crippen LogP contribution in [0.5, 0.6) is 0 Å². The molecule has 0 spiro atoms. The normalized spacial score (nSPS) is 16.5. The molecule has 1 aromatic heterocycles. The Hall–Kier alpha value is -1.33. The maximum atomic E-state index is 12.1. The van der Waals surface area contributed by atoms with Crippen molar-refractivity contribution >= 4 is 44.4 Å². The van der Waals surface area contributed by atoms with E-state index in [-0.39, 0.29) is 11.3 Å². The van der Waals surface area contributed by atoms with E-state index in [1.54, 1.807) is 0 Å². The molecule has 130 valence electrons. The van der Waals surface area contributed by atoms with Crippen LogP contribution in [0.15, 0.2) is 24.3 Å². The summed E-state index contributed by atoms with van der Waals surface area (Å²) in [5.41, 5.74) is 0.773. The summed E-state index contributed by atoms with van der Waals surface area (Å²) in [6.07, 6.45) is -7.49. The Morgan fingerprint density at radius 3 is 2.46 bits per heavy atom. The molecule has 0 amide bonds. The lowest BCUT2D eigenvalue weighted by molar-refractivity contribution is -0.141. The number of hydrogen-bond acceptors (Lipinski definition) is 9. The van der Waals surface area contributed by atoms with E-state index in [0.29, 0.717) is 5.01 Å². The summed E-state index contributed by atoms with van der Waals surface area (Å²) in [6.45, 7) is -0.824. The van der Waals surface area contributed by atoms with Crippen molar-refractivity contribution in [2.75, 3.05) is 6.61 Å². The number of fused-ring (bicyclic) bond motifs is 1. The summed E-state index contributed by atoms with van der Waals surface area (Å²) in [5.74, 6) is -0.930. The fourth-order valence-corrected chi connectivity index (χ4v) is 3.39. The Bertz CT molecular complexity index is 701. The topological polar surface area (TPSA) is 131 Å². The van der Waals surface area contributed by atoms with E-state index in [1.807, 2.05) is 24.3 Å². The zero-order chi connectivity index (χ0) is 17.9. The molecule has 4 atom stereocenters. The van der Waals surface area contributed by atoms with Crippen molar-refractivity contribution in [1.82, 2.24) is 4.98 Å². The van der Waals surface area contributed by atoms with E-state index in [9.17, 15) is 25.2 Å². The third kappa shape index (κ3) is 4.19. The number of carbonyl (C=O) groups is 1. The number of ketones is 1. The third-order valence-electron chi connectivity index (χ3n) is 3.45. The predicted molar refractivity (Wildman–Crippen MR) is 92.0 cm³/mol. The largest absolute Gasteiger partial charge is 0.394 e. The fourth-order valence-electron chi connectivity index (χ4n) is 2.06. The van der Waals surface area contributed by atoms with Gasteiger partial charge in [-0.3, -0.25) is 4.79 Å². The van der Waals surface area contributed by atoms with Crippen molar-refractivity contribution in [2.24, 2.45) is 0 Å². The van der Waals surface area contributed by atoms with Gasteiger partial charge in [-0.2, -0.15) is 0 Å². The highest BCUT2D eigenvalue weighted by atomic mass is 32.1. The standard InChI is InChI=1S/C15H17NO6S2/c17-6-8(18)12(19)14(21)15(22)13(20)9(23)5-11-16-7-3-1-2-4-10(7)24-11/h1-4,8,12,14-15,17-19,21-22H,5-6H2/t8-,12+,14+,15+/m1/s1. The van der Waals surface area contributed by atoms with Crippen LogP contribution in [-0.4, -0.2) is 72.2 Å². The van der Waals surface area contributed by atoms with Crippen LogP contribution in [0.25, 0.3) is 10.2 Å². The molecule has 9 heteroatoms. The van der Waals surface area contributed by atoms with E-state index in [1.165, 1.54) is 11.3 Å². The molecule has 0 aliphatic rings. The monoisotopic (exact) mass is 371 g/mol. The number of rotatable bonds is 8. The highest BCUT2D eigenvalue weighted by molar-refractivity contribution is 7.82. The van der Waals surface area contributed by atoms with Crippen molar-refractivity contribution in [3.05, 3.63) is 29.3 Å². The molecule has 2 rings (SSSR count). The maximum absolute atomic E-state index is 12.1. The molecule has 5 N–H and O–H groups in total. The van der Waals surface area contributed by atoms with Gasteiger partial charge >= 0.3 is 0 Å². The second kappa shape index (κ2) is 8.17. The first-order valence-corrected chi connectivity index (χ1v) is 8.32. The number of thiocarbonyl (C=S) groups is 1. The van der Waals surface area contributed by atoms with Crippen LogP contribution in [-0.2, 0) is 11.2 Å². The Morgan fingerprint density at radius 1 is 1.17 bits per heavy atom. The average molecular weight is 371 g/mol. The lowest BCUT2D eigenvalue weighted by Gasteiger charge is -2.24. The summed E-state index contributed by atoms with van der Waals surface area (Å²) in [5, 5.41) is 47.7. The average Bonchev–Trinajstić information content (AvgIpc) is 3.00. The van der Waals surface area contributed by atoms with Crippen molar-refractivity contribution in [3.8, 4) is 0 Å². The number of carbonyl (C=O) groups excluding carboxylic acids is 1. The number of benzene rings is 1. The van der Waals surface area contributed by atoms with E-state index in [0.717, 1.165) is 10.2 Å². The second-order valence-electron chi connectivity index (χ2n) is 5.22. The number of aliphatic hydroxyl groups excluding tert-OH is 5. The minimum Gasteiger partial charge on any atom is -0.394 e. The number of Topliss-reactive ketones (excluding diaryl/α,β-unsaturated/α-hetero) is 1. The van der Waals surface area contributed by atoms with E-state index in [2.05, 4.69) is 4.98 Å². The van der Waals surface area contributed by atoms with Gasteiger partial charge in [0.15, 0.2) is 0 Å². The van der Waals surface area contributed by atoms with Gasteiger partial charge < -0.3 is 25.5 Å². The highest BCUT2D eigenvalue weighted by Crippen LogP contribution is 2.22. The predicted octanol–water partition coefficient (Wildman–Crippen LogP) is -0.786. The third-order valence-corrected chi connectivity index (χ3v) is 4.83. The molecule has 0 saturated heterocycles. The molecule has 2 aromatic rings. The Labute approximate surface area is 146 Å². The number of aliphatic hydroxyl groups is 5. The zero-order valence-corrected chi connectivity index (χ0v) is 14.1. The SMILES string of the molecule is O=C(C(=S)Cc1nc2ccccc2s1)[C@H](O)[C@@H](O)[C@@H](O)[C@H](O)CO. The quantitative estimate of drug-likeness (QED) is 0.382. The van der Waals surface area contributed by atoms with Gasteiger partial charge in [0, 0.05) is 6.42 Å². The van der Waals surface area contributed by atoms with Gasteiger partial charge in [0.1, 0.15) is 24.4 Å². The number of nitrogens with zero attached hydrogens (tertiary/aromatic N) is 1. The first-order chi connectivity index (χ1) is 11.3. The lowest BCUT2D eigenvalue weighted by Crippen LogP contribution is -2.50. The minimum atomic E-state index is -2.00. The van der Waals surface area contributed by atoms with Gasteiger partial charge in [0.2, 0.25) is 5.78 Å². The van der Waals surface area contributed by atoms with Crippen LogP contribution in [0.4, 0.5) is 0 Å². The first kappa shape index (κ1) is 19.0. The highest BCUT2D eigenvalue weighted by Gasteiger charge is 2.35. The summed E-state index contributed by atoms with van der Waals surface area (Å²) < 4.78 is 0.935. The molecule has 1 heterocycles. The first-order valence-electron chi connectivity index (χ1n) is 7.09. The van der Waals surface area contributed by atoms with E-state index < -0.39 is 36.8 Å². The molecule has 7 nitrogen and oxygen atoms in total. The van der Waals surface area contributed by atoms with Gasteiger partial charge in [0.25, 0.3) is 0 Å². The number of para-hydroxylation sites is 1. The number of aromatic nitrogens is 1. The molecular weight excluding hydrogens is 354 g/mol. The van der Waals surface area contributed by atoms with Crippen molar-refractivity contribution < 1.29 is 30.3 Å². The molecule has 0 saturated carbocycles. The van der Waals surface area contributed by atoms with Crippen LogP contribution in [0.2, 0.25) is 0 Å². The van der Waals surface area contributed by atoms with Crippen molar-refractivity contribution in [2.45, 2.75) is 30.8 Å². The fraction of sp³-hybridized carbons (Fsp3) is 0.400. The van der Waals surface area contributed by atoms with Crippen molar-refractivity contribution in [3.63, 3.8) is 0 Å². The van der Waals surface area contributed by atoms with E-state index >= 15 is 0 Å². The van der Waals surface area contributed by atoms with Crippen LogP contribution in [0.1, 0.15) is 5.01 Å². The molecular formula is C15H17NO6S2. The number of thiazole rings is 1. The smallest absolute Gasteiger partial charge is 0.201 e. The van der Waals surface area contributed by atoms with Crippen LogP contribution in [0.3, 0.4) is 0 Å². The van der Waals surface area contributed by atoms with E-state index in [4.69, 9.17) is 17.3 Å². The van der Waals surface area contributed by atoms with Crippen LogP contribution >= 0.6 is 23.6 Å². The van der Waals surface area contributed by atoms with Crippen LogP contribution in [0, 0.1) is 0 Å². The molecule has 0 fully saturated rings. The van der Waals surface area contributed by atoms with Gasteiger partial charge in [-0.15, -0.1) is 11.3 Å². The van der Waals surface area contributed by atoms with Gasteiger partial charge in [-0.05, 0) is 12.1 Å². The summed E-state index contributed by atoms with van der Waals surface area (Å²) in [7, 11) is 0. The van der Waals surface area contributed by atoms with Crippen LogP contribution < -0.4 is 0 Å². The molecule has 0 unspecified atom stereocenters.